The summed E-state index contributed by atoms with van der Waals surface area (Å²) in [5.74, 6) is -1.15. The molecule has 5 nitrogen and oxygen atoms in total. The van der Waals surface area contributed by atoms with Crippen molar-refractivity contribution in [3.63, 3.8) is 0 Å². The summed E-state index contributed by atoms with van der Waals surface area (Å²) in [6.07, 6.45) is 0. The van der Waals surface area contributed by atoms with Crippen molar-refractivity contribution >= 4 is 56.5 Å². The smallest absolute Gasteiger partial charge is 0.283 e. The minimum Gasteiger partial charge on any atom is -0.506 e. The van der Waals surface area contributed by atoms with Crippen molar-refractivity contribution in [1.29, 1.82) is 0 Å². The maximum atomic E-state index is 13.0. The summed E-state index contributed by atoms with van der Waals surface area (Å²) < 4.78 is 34.0. The normalized spacial score (nSPS) is 13.8. The van der Waals surface area contributed by atoms with Gasteiger partial charge in [-0.2, -0.15) is 8.42 Å². The molecule has 0 saturated carbocycles. The predicted octanol–water partition coefficient (Wildman–Crippen LogP) is 5.89. The quantitative estimate of drug-likeness (QED) is 0.239. The Hall–Kier alpha value is -1.67. The monoisotopic (exact) mass is 492 g/mol. The topological polar surface area (TPSA) is 94.8 Å². The van der Waals surface area contributed by atoms with Gasteiger partial charge < -0.3 is 10.2 Å². The summed E-state index contributed by atoms with van der Waals surface area (Å²) in [6, 6.07) is 12.6. The molecule has 3 aromatic carbocycles. The number of hydrogen-bond acceptors (Lipinski definition) is 4. The SMILES string of the molecule is O=S(=O)(O)C(c1ccccc1)(c1cccc(Cl)c1O)c1cc(Cl)c(O)c(Cl)c1Cl. The molecule has 0 radical (unpaired) electrons. The molecule has 3 rings (SSSR count). The molecule has 0 heterocycles. The van der Waals surface area contributed by atoms with Crippen LogP contribution in [-0.4, -0.2) is 23.2 Å². The lowest BCUT2D eigenvalue weighted by molar-refractivity contribution is 0.440. The van der Waals surface area contributed by atoms with Crippen LogP contribution in [0.15, 0.2) is 54.6 Å². The van der Waals surface area contributed by atoms with Gasteiger partial charge in [0.1, 0.15) is 10.8 Å². The molecular formula is C19H12Cl4O5S. The van der Waals surface area contributed by atoms with E-state index in [9.17, 15) is 23.2 Å². The maximum Gasteiger partial charge on any atom is 0.283 e. The number of phenolic OH excluding ortho intramolecular Hbond substituents is 2. The van der Waals surface area contributed by atoms with Crippen molar-refractivity contribution in [3.8, 4) is 11.5 Å². The first-order chi connectivity index (χ1) is 13.5. The third-order valence-corrected chi connectivity index (χ3v) is 7.35. The Balaban J connectivity index is 2.65. The molecule has 1 atom stereocenters. The van der Waals surface area contributed by atoms with E-state index >= 15 is 0 Å². The summed E-state index contributed by atoms with van der Waals surface area (Å²) in [5, 5.41) is 19.4. The standard InChI is InChI=1S/C19H12Cl4O5S/c20-13-8-4-7-11(17(13)24)19(29(26,27)28,10-5-2-1-3-6-10)12-9-14(21)18(25)16(23)15(12)22/h1-9,24-25H,(H,26,27,28). The van der Waals surface area contributed by atoms with Gasteiger partial charge in [0.25, 0.3) is 10.1 Å². The fourth-order valence-electron chi connectivity index (χ4n) is 3.20. The molecule has 0 aliphatic heterocycles. The Kier molecular flexibility index (Phi) is 5.98. The largest absolute Gasteiger partial charge is 0.506 e. The molecule has 10 heteroatoms. The zero-order valence-corrected chi connectivity index (χ0v) is 18.1. The van der Waals surface area contributed by atoms with Crippen LogP contribution in [0.25, 0.3) is 0 Å². The molecule has 29 heavy (non-hydrogen) atoms. The molecule has 0 fully saturated rings. The third kappa shape index (κ3) is 3.44. The van der Waals surface area contributed by atoms with Crippen LogP contribution in [0.1, 0.15) is 16.7 Å². The van der Waals surface area contributed by atoms with Gasteiger partial charge in [-0.3, -0.25) is 4.55 Å². The molecule has 3 N–H and O–H groups in total. The summed E-state index contributed by atoms with van der Waals surface area (Å²) >= 11 is 24.4. The second kappa shape index (κ2) is 7.87. The van der Waals surface area contributed by atoms with E-state index in [4.69, 9.17) is 46.4 Å². The number of para-hydroxylation sites is 1. The van der Waals surface area contributed by atoms with E-state index in [0.717, 1.165) is 6.07 Å². The average Bonchev–Trinajstić information content (AvgIpc) is 2.67. The van der Waals surface area contributed by atoms with Gasteiger partial charge in [-0.05, 0) is 17.7 Å². The van der Waals surface area contributed by atoms with Crippen LogP contribution < -0.4 is 0 Å². The van der Waals surface area contributed by atoms with E-state index in [1.807, 2.05) is 0 Å². The molecule has 0 bridgehead atoms. The van der Waals surface area contributed by atoms with Gasteiger partial charge in [-0.25, -0.2) is 0 Å². The molecule has 0 aliphatic carbocycles. The lowest BCUT2D eigenvalue weighted by Crippen LogP contribution is -2.38. The minimum atomic E-state index is -5.10. The molecule has 0 saturated heterocycles. The number of phenols is 2. The fourth-order valence-corrected chi connectivity index (χ4v) is 5.48. The highest BCUT2D eigenvalue weighted by molar-refractivity contribution is 7.87. The summed E-state index contributed by atoms with van der Waals surface area (Å²) in [6.45, 7) is 0. The average molecular weight is 494 g/mol. The second-order valence-corrected chi connectivity index (χ2v) is 9.17. The van der Waals surface area contributed by atoms with E-state index in [1.165, 1.54) is 42.5 Å². The first kappa shape index (κ1) is 22.0. The third-order valence-electron chi connectivity index (χ3n) is 4.45. The van der Waals surface area contributed by atoms with Gasteiger partial charge in [0.15, 0.2) is 10.5 Å². The maximum absolute atomic E-state index is 13.0. The van der Waals surface area contributed by atoms with Gasteiger partial charge in [0.05, 0.1) is 15.1 Å². The van der Waals surface area contributed by atoms with Crippen molar-refractivity contribution in [2.45, 2.75) is 4.75 Å². The highest BCUT2D eigenvalue weighted by Gasteiger charge is 2.52. The zero-order valence-electron chi connectivity index (χ0n) is 14.3. The molecule has 0 aromatic heterocycles. The number of hydrogen-bond donors (Lipinski definition) is 3. The van der Waals surface area contributed by atoms with Crippen LogP contribution >= 0.6 is 46.4 Å². The van der Waals surface area contributed by atoms with Crippen LogP contribution in [-0.2, 0) is 14.9 Å². The van der Waals surface area contributed by atoms with E-state index in [-0.39, 0.29) is 31.8 Å². The molecule has 152 valence electrons. The van der Waals surface area contributed by atoms with Crippen molar-refractivity contribution in [3.05, 3.63) is 91.4 Å². The first-order valence-corrected chi connectivity index (χ1v) is 10.9. The van der Waals surface area contributed by atoms with Crippen LogP contribution in [0.4, 0.5) is 0 Å². The van der Waals surface area contributed by atoms with E-state index in [0.29, 0.717) is 0 Å². The lowest BCUT2D eigenvalue weighted by atomic mass is 9.83. The molecule has 1 unspecified atom stereocenters. The molecule has 0 aliphatic rings. The number of halogens is 4. The van der Waals surface area contributed by atoms with E-state index in [2.05, 4.69) is 0 Å². The van der Waals surface area contributed by atoms with Crippen molar-refractivity contribution in [2.75, 3.05) is 0 Å². The molecule has 3 aromatic rings. The highest BCUT2D eigenvalue weighted by Crippen LogP contribution is 2.53. The lowest BCUT2D eigenvalue weighted by Gasteiger charge is -2.34. The Labute approximate surface area is 186 Å². The van der Waals surface area contributed by atoms with E-state index in [1.54, 1.807) is 6.07 Å². The molecule has 0 amide bonds. The Morgan fingerprint density at radius 2 is 1.34 bits per heavy atom. The Morgan fingerprint density at radius 1 is 0.724 bits per heavy atom. The van der Waals surface area contributed by atoms with Crippen molar-refractivity contribution < 1.29 is 23.2 Å². The van der Waals surface area contributed by atoms with Crippen molar-refractivity contribution in [2.24, 2.45) is 0 Å². The zero-order chi connectivity index (χ0) is 21.6. The van der Waals surface area contributed by atoms with Gasteiger partial charge >= 0.3 is 0 Å². The van der Waals surface area contributed by atoms with Gasteiger partial charge in [-0.1, -0.05) is 88.9 Å². The van der Waals surface area contributed by atoms with Crippen LogP contribution in [0.2, 0.25) is 20.1 Å². The summed E-state index contributed by atoms with van der Waals surface area (Å²) in [4.78, 5) is 0. The first-order valence-electron chi connectivity index (χ1n) is 7.91. The number of benzene rings is 3. The summed E-state index contributed by atoms with van der Waals surface area (Å²) in [7, 11) is -5.10. The molecule has 0 spiro atoms. The van der Waals surface area contributed by atoms with Gasteiger partial charge in [0.2, 0.25) is 0 Å². The second-order valence-electron chi connectivity index (χ2n) is 6.04. The Morgan fingerprint density at radius 3 is 1.93 bits per heavy atom. The summed E-state index contributed by atoms with van der Waals surface area (Å²) in [5.41, 5.74) is -0.531. The fraction of sp³-hybridized carbons (Fsp3) is 0.0526. The number of aromatic hydroxyl groups is 2. The van der Waals surface area contributed by atoms with Crippen LogP contribution in [0.5, 0.6) is 11.5 Å². The minimum absolute atomic E-state index is 0.0276. The van der Waals surface area contributed by atoms with Crippen LogP contribution in [0.3, 0.4) is 0 Å². The Bertz CT molecular complexity index is 1200. The highest BCUT2D eigenvalue weighted by atomic mass is 35.5. The van der Waals surface area contributed by atoms with Gasteiger partial charge in [0, 0.05) is 11.1 Å². The molecular weight excluding hydrogens is 482 g/mol. The number of rotatable bonds is 4. The predicted molar refractivity (Wildman–Crippen MR) is 114 cm³/mol. The van der Waals surface area contributed by atoms with E-state index < -0.39 is 31.4 Å². The van der Waals surface area contributed by atoms with Crippen molar-refractivity contribution in [1.82, 2.24) is 0 Å². The van der Waals surface area contributed by atoms with Gasteiger partial charge in [-0.15, -0.1) is 0 Å². The van der Waals surface area contributed by atoms with Crippen LogP contribution in [0, 0.1) is 0 Å².